The fraction of sp³-hybridized carbons (Fsp3) is 0.294. The number of pyridine rings is 1. The molecule has 0 radical (unpaired) electrons. The van der Waals surface area contributed by atoms with Gasteiger partial charge in [0.15, 0.2) is 0 Å². The van der Waals surface area contributed by atoms with E-state index in [9.17, 15) is 4.79 Å². The number of hydrogen-bond acceptors (Lipinski definition) is 3. The molecule has 4 nitrogen and oxygen atoms in total. The Labute approximate surface area is 125 Å². The van der Waals surface area contributed by atoms with E-state index in [4.69, 9.17) is 4.74 Å². The minimum absolute atomic E-state index is 0.00926. The van der Waals surface area contributed by atoms with E-state index in [1.165, 1.54) is 6.92 Å². The first kappa shape index (κ1) is 15.0. The van der Waals surface area contributed by atoms with Crippen LogP contribution in [0.15, 0.2) is 42.6 Å². The molecule has 0 fully saturated rings. The fourth-order valence-corrected chi connectivity index (χ4v) is 2.14. The molecule has 1 unspecified atom stereocenters. The number of hydrogen-bond donors (Lipinski definition) is 1. The highest BCUT2D eigenvalue weighted by Gasteiger charge is 2.07. The van der Waals surface area contributed by atoms with E-state index in [0.29, 0.717) is 12.5 Å². The van der Waals surface area contributed by atoms with Crippen molar-refractivity contribution in [3.05, 3.63) is 48.2 Å². The summed E-state index contributed by atoms with van der Waals surface area (Å²) >= 11 is 0. The molecule has 1 amide bonds. The Hall–Kier alpha value is -2.36. The minimum atomic E-state index is -0.0257. The van der Waals surface area contributed by atoms with Gasteiger partial charge in [-0.25, -0.2) is 4.98 Å². The maximum absolute atomic E-state index is 11.1. The minimum Gasteiger partial charge on any atom is -0.478 e. The first-order valence-corrected chi connectivity index (χ1v) is 7.06. The van der Waals surface area contributed by atoms with Crippen LogP contribution < -0.4 is 10.1 Å². The number of rotatable bonds is 5. The second-order valence-corrected chi connectivity index (χ2v) is 4.86. The summed E-state index contributed by atoms with van der Waals surface area (Å²) in [6.07, 6.45) is 1.80. The van der Waals surface area contributed by atoms with Crippen LogP contribution in [0.25, 0.3) is 11.1 Å². The van der Waals surface area contributed by atoms with Gasteiger partial charge in [0, 0.05) is 24.8 Å². The SMILES string of the molecule is CCOc1ccc(-c2ccc(C(C)NC(C)=O)cc2)cn1. The first-order valence-electron chi connectivity index (χ1n) is 7.06. The van der Waals surface area contributed by atoms with E-state index < -0.39 is 0 Å². The molecule has 1 heterocycles. The third-order valence-electron chi connectivity index (χ3n) is 3.19. The zero-order valence-electron chi connectivity index (χ0n) is 12.6. The van der Waals surface area contributed by atoms with Crippen molar-refractivity contribution in [2.75, 3.05) is 6.61 Å². The summed E-state index contributed by atoms with van der Waals surface area (Å²) in [5, 5.41) is 2.87. The number of benzene rings is 1. The maximum Gasteiger partial charge on any atom is 0.217 e. The van der Waals surface area contributed by atoms with Crippen LogP contribution in [0.5, 0.6) is 5.88 Å². The van der Waals surface area contributed by atoms with Crippen molar-refractivity contribution in [2.24, 2.45) is 0 Å². The van der Waals surface area contributed by atoms with Crippen LogP contribution in [0.4, 0.5) is 0 Å². The highest BCUT2D eigenvalue weighted by atomic mass is 16.5. The fourth-order valence-electron chi connectivity index (χ4n) is 2.14. The number of nitrogens with zero attached hydrogens (tertiary/aromatic N) is 1. The Balaban J connectivity index is 2.12. The molecule has 2 rings (SSSR count). The first-order chi connectivity index (χ1) is 10.1. The van der Waals surface area contributed by atoms with Gasteiger partial charge in [-0.2, -0.15) is 0 Å². The van der Waals surface area contributed by atoms with Gasteiger partial charge < -0.3 is 10.1 Å². The van der Waals surface area contributed by atoms with Crippen LogP contribution >= 0.6 is 0 Å². The molecular weight excluding hydrogens is 264 g/mol. The van der Waals surface area contributed by atoms with Gasteiger partial charge >= 0.3 is 0 Å². The summed E-state index contributed by atoms with van der Waals surface area (Å²) in [7, 11) is 0. The monoisotopic (exact) mass is 284 g/mol. The van der Waals surface area contributed by atoms with Gasteiger partial charge in [0.1, 0.15) is 0 Å². The molecule has 2 aromatic rings. The van der Waals surface area contributed by atoms with Crippen LogP contribution in [0.2, 0.25) is 0 Å². The molecule has 1 N–H and O–H groups in total. The molecule has 21 heavy (non-hydrogen) atoms. The van der Waals surface area contributed by atoms with E-state index in [1.807, 2.05) is 50.2 Å². The quantitative estimate of drug-likeness (QED) is 0.916. The molecule has 4 heteroatoms. The van der Waals surface area contributed by atoms with Gasteiger partial charge in [0.25, 0.3) is 0 Å². The van der Waals surface area contributed by atoms with Crippen LogP contribution in [0.3, 0.4) is 0 Å². The molecule has 0 saturated heterocycles. The summed E-state index contributed by atoms with van der Waals surface area (Å²) in [6.45, 7) is 6.04. The standard InChI is InChI=1S/C17H20N2O2/c1-4-21-17-10-9-16(11-18-17)15-7-5-14(6-8-15)12(2)19-13(3)20/h5-12H,4H2,1-3H3,(H,19,20). The number of nitrogens with one attached hydrogen (secondary N) is 1. The van der Waals surface area contributed by atoms with Crippen molar-refractivity contribution in [2.45, 2.75) is 26.8 Å². The van der Waals surface area contributed by atoms with Crippen molar-refractivity contribution < 1.29 is 9.53 Å². The Morgan fingerprint density at radius 2 is 1.86 bits per heavy atom. The summed E-state index contributed by atoms with van der Waals surface area (Å²) in [6, 6.07) is 12.0. The smallest absolute Gasteiger partial charge is 0.217 e. The van der Waals surface area contributed by atoms with Crippen molar-refractivity contribution in [3.63, 3.8) is 0 Å². The molecule has 0 spiro atoms. The number of carbonyl (C=O) groups excluding carboxylic acids is 1. The van der Waals surface area contributed by atoms with Crippen molar-refractivity contribution in [1.29, 1.82) is 0 Å². The normalized spacial score (nSPS) is 11.8. The van der Waals surface area contributed by atoms with Crippen LogP contribution in [-0.4, -0.2) is 17.5 Å². The summed E-state index contributed by atoms with van der Waals surface area (Å²) in [4.78, 5) is 15.3. The van der Waals surface area contributed by atoms with Gasteiger partial charge in [0.05, 0.1) is 12.6 Å². The summed E-state index contributed by atoms with van der Waals surface area (Å²) in [5.41, 5.74) is 3.20. The van der Waals surface area contributed by atoms with E-state index in [0.717, 1.165) is 16.7 Å². The van der Waals surface area contributed by atoms with Crippen molar-refractivity contribution in [3.8, 4) is 17.0 Å². The zero-order valence-corrected chi connectivity index (χ0v) is 12.6. The van der Waals surface area contributed by atoms with Crippen molar-refractivity contribution >= 4 is 5.91 Å². The Bertz CT molecular complexity index is 591. The third kappa shape index (κ3) is 4.05. The summed E-state index contributed by atoms with van der Waals surface area (Å²) < 4.78 is 5.33. The summed E-state index contributed by atoms with van der Waals surface area (Å²) in [5.74, 6) is 0.611. The highest BCUT2D eigenvalue weighted by molar-refractivity contribution is 5.73. The van der Waals surface area contributed by atoms with Gasteiger partial charge in [-0.15, -0.1) is 0 Å². The third-order valence-corrected chi connectivity index (χ3v) is 3.19. The molecule has 0 bridgehead atoms. The van der Waals surface area contributed by atoms with Crippen molar-refractivity contribution in [1.82, 2.24) is 10.3 Å². The maximum atomic E-state index is 11.1. The zero-order chi connectivity index (χ0) is 15.2. The molecular formula is C17H20N2O2. The highest BCUT2D eigenvalue weighted by Crippen LogP contribution is 2.22. The van der Waals surface area contributed by atoms with Crippen LogP contribution in [0.1, 0.15) is 32.4 Å². The molecule has 1 aromatic heterocycles. The lowest BCUT2D eigenvalue weighted by Crippen LogP contribution is -2.23. The Kier molecular flexibility index (Phi) is 4.93. The van der Waals surface area contributed by atoms with E-state index in [-0.39, 0.29) is 11.9 Å². The molecule has 0 aliphatic carbocycles. The predicted molar refractivity (Wildman–Crippen MR) is 83.1 cm³/mol. The van der Waals surface area contributed by atoms with E-state index in [2.05, 4.69) is 10.3 Å². The second-order valence-electron chi connectivity index (χ2n) is 4.86. The van der Waals surface area contributed by atoms with E-state index >= 15 is 0 Å². The second kappa shape index (κ2) is 6.88. The Morgan fingerprint density at radius 3 is 2.38 bits per heavy atom. The van der Waals surface area contributed by atoms with Crippen LogP contribution in [-0.2, 0) is 4.79 Å². The Morgan fingerprint density at radius 1 is 1.19 bits per heavy atom. The molecule has 0 saturated carbocycles. The predicted octanol–water partition coefficient (Wildman–Crippen LogP) is 3.34. The molecule has 110 valence electrons. The molecule has 0 aliphatic rings. The lowest BCUT2D eigenvalue weighted by Gasteiger charge is -2.13. The average Bonchev–Trinajstić information content (AvgIpc) is 2.48. The van der Waals surface area contributed by atoms with Gasteiger partial charge in [-0.3, -0.25) is 4.79 Å². The topological polar surface area (TPSA) is 51.2 Å². The number of aromatic nitrogens is 1. The van der Waals surface area contributed by atoms with Gasteiger partial charge in [-0.1, -0.05) is 24.3 Å². The van der Waals surface area contributed by atoms with E-state index in [1.54, 1.807) is 6.20 Å². The lowest BCUT2D eigenvalue weighted by molar-refractivity contribution is -0.119. The molecule has 1 atom stereocenters. The van der Waals surface area contributed by atoms with Gasteiger partial charge in [-0.05, 0) is 31.0 Å². The number of amides is 1. The lowest BCUT2D eigenvalue weighted by atomic mass is 10.0. The number of carbonyl (C=O) groups is 1. The molecule has 1 aromatic carbocycles. The average molecular weight is 284 g/mol. The van der Waals surface area contributed by atoms with Crippen LogP contribution in [0, 0.1) is 0 Å². The number of ether oxygens (including phenoxy) is 1. The van der Waals surface area contributed by atoms with Gasteiger partial charge in [0.2, 0.25) is 11.8 Å². The molecule has 0 aliphatic heterocycles. The largest absolute Gasteiger partial charge is 0.478 e.